The van der Waals surface area contributed by atoms with Gasteiger partial charge in [-0.1, -0.05) is 24.3 Å². The third-order valence-corrected chi connectivity index (χ3v) is 20.9. The molecule has 7 unspecified atom stereocenters. The molecule has 7 atom stereocenters. The molecule has 37 heavy (non-hydrogen) atoms. The van der Waals surface area contributed by atoms with Crippen LogP contribution in [0.5, 0.6) is 0 Å². The Morgan fingerprint density at radius 3 is 2.51 bits per heavy atom. The van der Waals surface area contributed by atoms with Crippen molar-refractivity contribution >= 4 is 42.4 Å². The number of alkyl halides is 4. The van der Waals surface area contributed by atoms with Crippen molar-refractivity contribution in [2.75, 3.05) is 8.86 Å². The van der Waals surface area contributed by atoms with Crippen molar-refractivity contribution in [1.82, 2.24) is 0 Å². The molecular formula is C35H56I2. The quantitative estimate of drug-likeness (QED) is 0.106. The predicted octanol–water partition coefficient (Wildman–Crippen LogP) is 11.4. The van der Waals surface area contributed by atoms with Crippen molar-refractivity contribution < 1.29 is 0 Å². The summed E-state index contributed by atoms with van der Waals surface area (Å²) in [5, 5.41) is 0. The Morgan fingerprint density at radius 1 is 0.919 bits per heavy atom. The van der Waals surface area contributed by atoms with Gasteiger partial charge in [0.25, 0.3) is 0 Å². The zero-order valence-corrected chi connectivity index (χ0v) is 28.2. The van der Waals surface area contributed by atoms with Crippen molar-refractivity contribution in [3.63, 3.8) is 0 Å². The van der Waals surface area contributed by atoms with E-state index < -0.39 is 19.8 Å². The van der Waals surface area contributed by atoms with E-state index in [1.807, 2.05) is 0 Å². The van der Waals surface area contributed by atoms with E-state index in [0.717, 1.165) is 45.3 Å². The Labute approximate surface area is 251 Å². The van der Waals surface area contributed by atoms with Crippen LogP contribution in [0.4, 0.5) is 0 Å². The van der Waals surface area contributed by atoms with E-state index in [0.29, 0.717) is 0 Å². The summed E-state index contributed by atoms with van der Waals surface area (Å²) in [6, 6.07) is 0. The first kappa shape index (κ1) is 29.2. The molecule has 0 aromatic rings. The predicted molar refractivity (Wildman–Crippen MR) is 181 cm³/mol. The first-order valence-electron chi connectivity index (χ1n) is 16.3. The van der Waals surface area contributed by atoms with E-state index in [4.69, 9.17) is 0 Å². The second-order valence-corrected chi connectivity index (χ2v) is 22.0. The summed E-state index contributed by atoms with van der Waals surface area (Å²) in [6.07, 6.45) is 35.3. The molecule has 0 nitrogen and oxygen atoms in total. The Bertz CT molecular complexity index is 768. The van der Waals surface area contributed by atoms with Crippen LogP contribution in [-0.2, 0) is 0 Å². The number of halogens is 2. The van der Waals surface area contributed by atoms with Gasteiger partial charge in [0.1, 0.15) is 0 Å². The van der Waals surface area contributed by atoms with Crippen LogP contribution < -0.4 is 0 Å². The fourth-order valence-electron chi connectivity index (χ4n) is 8.87. The normalized spacial score (nSPS) is 40.2. The van der Waals surface area contributed by atoms with E-state index in [2.05, 4.69) is 60.4 Å². The molecule has 0 radical (unpaired) electrons. The van der Waals surface area contributed by atoms with E-state index in [1.165, 1.54) is 74.6 Å². The van der Waals surface area contributed by atoms with Crippen LogP contribution in [0.2, 0.25) is 0 Å². The van der Waals surface area contributed by atoms with Gasteiger partial charge in [-0.2, -0.15) is 0 Å². The molecule has 3 saturated carbocycles. The molecule has 1 heterocycles. The molecule has 210 valence electrons. The molecule has 0 aromatic carbocycles. The molecule has 0 N–H and O–H groups in total. The zero-order chi connectivity index (χ0) is 25.6. The summed E-state index contributed by atoms with van der Waals surface area (Å²) in [4.78, 5) is 0. The van der Waals surface area contributed by atoms with Crippen LogP contribution in [0.3, 0.4) is 0 Å². The van der Waals surface area contributed by atoms with Crippen LogP contribution >= 0.6 is 42.4 Å². The Hall–Kier alpha value is 0.680. The number of allylic oxidation sites excluding steroid dienone is 5. The number of hydrogen-bond acceptors (Lipinski definition) is 0. The Balaban J connectivity index is 1.02. The molecule has 1 aliphatic heterocycles. The summed E-state index contributed by atoms with van der Waals surface area (Å²) in [5.74, 6) is 6.21. The molecule has 1 saturated heterocycles. The van der Waals surface area contributed by atoms with Crippen molar-refractivity contribution in [3.05, 3.63) is 36.5 Å². The van der Waals surface area contributed by atoms with Gasteiger partial charge in [0, 0.05) is 0 Å². The molecule has 4 aliphatic carbocycles. The summed E-state index contributed by atoms with van der Waals surface area (Å²) >= 11 is 2.25. The molecule has 0 amide bonds. The maximum atomic E-state index is 4.60. The molecular weight excluding hydrogens is 674 g/mol. The standard InChI is InChI=1S/C35H56I2/c1-26(10-8-15-35(36)30-13-9-14-33(21-20-30)37-22-6-3-7-23-37)28-16-18-29(19-17-28)34-25-32-12-5-4-11-31(32)24-27(34)2/h4,8,10-11,26,28-35H,2-3,5-7,9,12-25H2,1H3/b10-8+. The van der Waals surface area contributed by atoms with Crippen molar-refractivity contribution in [3.8, 4) is 0 Å². The SMILES string of the molecule is C=C1CC2C=CCCC2CC1C1CCC(C(C)/C=C/CC(I)C2CCCC(I3CCCCC3)CC2)CC1. The summed E-state index contributed by atoms with van der Waals surface area (Å²) in [7, 11) is 0. The maximum absolute atomic E-state index is 4.60. The minimum atomic E-state index is -0.585. The van der Waals surface area contributed by atoms with Gasteiger partial charge in [-0.3, -0.25) is 0 Å². The van der Waals surface area contributed by atoms with Gasteiger partial charge in [0.05, 0.1) is 0 Å². The van der Waals surface area contributed by atoms with Crippen LogP contribution in [0.15, 0.2) is 36.5 Å². The van der Waals surface area contributed by atoms with Gasteiger partial charge in [0.2, 0.25) is 0 Å². The van der Waals surface area contributed by atoms with Crippen LogP contribution in [-0.4, -0.2) is 16.7 Å². The van der Waals surface area contributed by atoms with Gasteiger partial charge in [-0.15, -0.1) is 0 Å². The minimum absolute atomic E-state index is 0.585. The number of fused-ring (bicyclic) bond motifs is 1. The van der Waals surface area contributed by atoms with Crippen molar-refractivity contribution in [2.45, 2.75) is 124 Å². The average Bonchev–Trinajstić information content (AvgIpc) is 3.20. The number of rotatable bonds is 7. The van der Waals surface area contributed by atoms with Gasteiger partial charge in [0.15, 0.2) is 0 Å². The van der Waals surface area contributed by atoms with E-state index >= 15 is 0 Å². The number of hydrogen-bond donors (Lipinski definition) is 0. The van der Waals surface area contributed by atoms with E-state index in [1.54, 1.807) is 53.0 Å². The Kier molecular flexibility index (Phi) is 11.5. The van der Waals surface area contributed by atoms with E-state index in [9.17, 15) is 0 Å². The first-order chi connectivity index (χ1) is 18.1. The van der Waals surface area contributed by atoms with E-state index in [-0.39, 0.29) is 0 Å². The third kappa shape index (κ3) is 7.91. The molecule has 0 aromatic heterocycles. The second kappa shape index (κ2) is 14.5. The summed E-state index contributed by atoms with van der Waals surface area (Å²) < 4.78 is 5.48. The monoisotopic (exact) mass is 730 g/mol. The molecule has 2 heteroatoms. The summed E-state index contributed by atoms with van der Waals surface area (Å²) in [6.45, 7) is 7.12. The topological polar surface area (TPSA) is 0 Å². The molecule has 5 aliphatic rings. The average molecular weight is 731 g/mol. The molecule has 0 bridgehead atoms. The van der Waals surface area contributed by atoms with Crippen LogP contribution in [0.1, 0.15) is 116 Å². The third-order valence-electron chi connectivity index (χ3n) is 11.3. The molecule has 0 spiro atoms. The van der Waals surface area contributed by atoms with Crippen LogP contribution in [0.25, 0.3) is 0 Å². The van der Waals surface area contributed by atoms with Crippen molar-refractivity contribution in [1.29, 1.82) is 0 Å². The first-order valence-corrected chi connectivity index (χ1v) is 21.9. The second-order valence-electron chi connectivity index (χ2n) is 13.6. The van der Waals surface area contributed by atoms with Gasteiger partial charge in [-0.05, 0) is 49.4 Å². The zero-order valence-electron chi connectivity index (χ0n) is 23.9. The Morgan fingerprint density at radius 2 is 1.70 bits per heavy atom. The molecule has 4 fully saturated rings. The molecule has 5 rings (SSSR count). The fraction of sp³-hybridized carbons (Fsp3) is 0.829. The van der Waals surface area contributed by atoms with Gasteiger partial charge >= 0.3 is 179 Å². The van der Waals surface area contributed by atoms with Crippen LogP contribution in [0, 0.1) is 41.4 Å². The summed E-state index contributed by atoms with van der Waals surface area (Å²) in [5.41, 5.74) is 1.60. The van der Waals surface area contributed by atoms with Crippen molar-refractivity contribution in [2.24, 2.45) is 41.4 Å². The fourth-order valence-corrected chi connectivity index (χ4v) is 17.8. The van der Waals surface area contributed by atoms with Gasteiger partial charge < -0.3 is 0 Å². The van der Waals surface area contributed by atoms with Gasteiger partial charge in [-0.25, -0.2) is 0 Å².